The Hall–Kier alpha value is -2.76. The molecule has 2 aromatic carbocycles. The molecular formula is C22H26F2N2O2. The van der Waals surface area contributed by atoms with Gasteiger partial charge in [-0.15, -0.1) is 0 Å². The van der Waals surface area contributed by atoms with Crippen LogP contribution in [0.1, 0.15) is 37.8 Å². The maximum Gasteiger partial charge on any atom is 0.227 e. The number of para-hydroxylation sites is 1. The summed E-state index contributed by atoms with van der Waals surface area (Å²) in [5, 5.41) is 2.60. The molecule has 4 nitrogen and oxygen atoms in total. The molecule has 6 heteroatoms. The summed E-state index contributed by atoms with van der Waals surface area (Å²) >= 11 is 0. The highest BCUT2D eigenvalue weighted by atomic mass is 19.1. The Morgan fingerprint density at radius 1 is 1.21 bits per heavy atom. The minimum Gasteiger partial charge on any atom is -0.348 e. The first-order valence-corrected chi connectivity index (χ1v) is 9.13. The molecule has 0 bridgehead atoms. The van der Waals surface area contributed by atoms with E-state index in [4.69, 9.17) is 0 Å². The van der Waals surface area contributed by atoms with Crippen molar-refractivity contribution in [3.8, 4) is 0 Å². The van der Waals surface area contributed by atoms with Gasteiger partial charge < -0.3 is 10.2 Å². The van der Waals surface area contributed by atoms with Gasteiger partial charge in [0, 0.05) is 25.4 Å². The van der Waals surface area contributed by atoms with Crippen LogP contribution in [0.25, 0.3) is 0 Å². The van der Waals surface area contributed by atoms with Gasteiger partial charge in [-0.25, -0.2) is 8.78 Å². The monoisotopic (exact) mass is 388 g/mol. The fourth-order valence-electron chi connectivity index (χ4n) is 3.04. The van der Waals surface area contributed by atoms with Gasteiger partial charge >= 0.3 is 0 Å². The Morgan fingerprint density at radius 3 is 2.50 bits per heavy atom. The molecule has 2 aromatic rings. The number of hydrogen-bond donors (Lipinski definition) is 1. The minimum absolute atomic E-state index is 0.0977. The van der Waals surface area contributed by atoms with E-state index in [2.05, 4.69) is 5.32 Å². The Bertz CT molecular complexity index is 833. The van der Waals surface area contributed by atoms with Crippen molar-refractivity contribution in [3.63, 3.8) is 0 Å². The molecule has 0 fully saturated rings. The lowest BCUT2D eigenvalue weighted by atomic mass is 9.84. The highest BCUT2D eigenvalue weighted by molar-refractivity contribution is 5.93. The molecule has 0 aliphatic carbocycles. The number of amides is 2. The van der Waals surface area contributed by atoms with Crippen molar-refractivity contribution in [1.82, 2.24) is 4.90 Å². The summed E-state index contributed by atoms with van der Waals surface area (Å²) in [5.74, 6) is -1.87. The smallest absolute Gasteiger partial charge is 0.227 e. The molecule has 2 atom stereocenters. The minimum atomic E-state index is -1.53. The van der Waals surface area contributed by atoms with Crippen LogP contribution in [0.4, 0.5) is 14.5 Å². The number of alkyl halides is 1. The van der Waals surface area contributed by atoms with E-state index in [1.807, 2.05) is 6.07 Å². The normalized spacial score (nSPS) is 13.5. The van der Waals surface area contributed by atoms with Crippen LogP contribution in [-0.2, 0) is 15.3 Å². The summed E-state index contributed by atoms with van der Waals surface area (Å²) in [6.07, 6.45) is 0.678. The van der Waals surface area contributed by atoms with Crippen LogP contribution in [0.3, 0.4) is 0 Å². The van der Waals surface area contributed by atoms with Gasteiger partial charge in [-0.3, -0.25) is 9.59 Å². The van der Waals surface area contributed by atoms with Crippen molar-refractivity contribution in [1.29, 1.82) is 0 Å². The molecule has 0 aromatic heterocycles. The second-order valence-electron chi connectivity index (χ2n) is 7.51. The highest BCUT2D eigenvalue weighted by Gasteiger charge is 2.29. The second kappa shape index (κ2) is 8.95. The number of nitrogens with one attached hydrogen (secondary N) is 1. The lowest BCUT2D eigenvalue weighted by Crippen LogP contribution is -2.33. The predicted molar refractivity (Wildman–Crippen MR) is 106 cm³/mol. The van der Waals surface area contributed by atoms with Gasteiger partial charge in [0.05, 0.1) is 5.69 Å². The van der Waals surface area contributed by atoms with Crippen LogP contribution in [0.5, 0.6) is 0 Å². The first-order valence-electron chi connectivity index (χ1n) is 9.13. The van der Waals surface area contributed by atoms with Crippen LogP contribution in [0, 0.1) is 11.7 Å². The van der Waals surface area contributed by atoms with Crippen molar-refractivity contribution < 1.29 is 18.4 Å². The lowest BCUT2D eigenvalue weighted by molar-refractivity contribution is -0.122. The average molecular weight is 388 g/mol. The summed E-state index contributed by atoms with van der Waals surface area (Å²) in [4.78, 5) is 25.3. The van der Waals surface area contributed by atoms with E-state index >= 15 is 0 Å². The maximum absolute atomic E-state index is 14.4. The standard InChI is InChI=1S/C22H26F2N2O2/c1-15(21(28)25-20-11-6-5-10-19(20)23)18(13-26(4)14-27)16-8-7-9-17(12-16)22(2,3)24/h5-12,14-15,18H,13H2,1-4H3,(H,25,28). The number of nitrogens with zero attached hydrogens (tertiary/aromatic N) is 1. The molecule has 2 unspecified atom stereocenters. The zero-order valence-corrected chi connectivity index (χ0v) is 16.6. The van der Waals surface area contributed by atoms with Crippen molar-refractivity contribution in [2.24, 2.45) is 5.92 Å². The van der Waals surface area contributed by atoms with Gasteiger partial charge in [0.2, 0.25) is 12.3 Å². The molecule has 0 radical (unpaired) electrons. The van der Waals surface area contributed by atoms with Crippen LogP contribution in [-0.4, -0.2) is 30.8 Å². The van der Waals surface area contributed by atoms with Gasteiger partial charge in [0.1, 0.15) is 11.5 Å². The number of hydrogen-bond acceptors (Lipinski definition) is 2. The maximum atomic E-state index is 14.4. The Kier molecular flexibility index (Phi) is 6.89. The second-order valence-corrected chi connectivity index (χ2v) is 7.51. The number of anilines is 1. The van der Waals surface area contributed by atoms with E-state index in [0.29, 0.717) is 12.0 Å². The van der Waals surface area contributed by atoms with E-state index in [9.17, 15) is 18.4 Å². The van der Waals surface area contributed by atoms with E-state index in [1.165, 1.54) is 30.9 Å². The molecule has 0 spiro atoms. The average Bonchev–Trinajstić information content (AvgIpc) is 2.66. The molecule has 28 heavy (non-hydrogen) atoms. The quantitative estimate of drug-likeness (QED) is 0.678. The third-order valence-electron chi connectivity index (χ3n) is 4.81. The highest BCUT2D eigenvalue weighted by Crippen LogP contribution is 2.31. The van der Waals surface area contributed by atoms with E-state index in [0.717, 1.165) is 5.56 Å². The van der Waals surface area contributed by atoms with Crippen LogP contribution in [0.15, 0.2) is 48.5 Å². The number of carbonyl (C=O) groups excluding carboxylic acids is 2. The molecule has 0 saturated carbocycles. The van der Waals surface area contributed by atoms with Crippen LogP contribution < -0.4 is 5.32 Å². The molecule has 0 heterocycles. The van der Waals surface area contributed by atoms with E-state index < -0.39 is 17.4 Å². The van der Waals surface area contributed by atoms with Crippen LogP contribution >= 0.6 is 0 Å². The van der Waals surface area contributed by atoms with Crippen molar-refractivity contribution in [3.05, 3.63) is 65.5 Å². The predicted octanol–water partition coefficient (Wildman–Crippen LogP) is 4.48. The fourth-order valence-corrected chi connectivity index (χ4v) is 3.04. The number of rotatable bonds is 8. The van der Waals surface area contributed by atoms with Gasteiger partial charge in [0.15, 0.2) is 0 Å². The Balaban J connectivity index is 2.33. The van der Waals surface area contributed by atoms with Gasteiger partial charge in [0.25, 0.3) is 0 Å². The molecule has 2 amide bonds. The third kappa shape index (κ3) is 5.38. The largest absolute Gasteiger partial charge is 0.348 e. The van der Waals surface area contributed by atoms with Gasteiger partial charge in [-0.1, -0.05) is 43.3 Å². The first kappa shape index (κ1) is 21.5. The van der Waals surface area contributed by atoms with E-state index in [1.54, 1.807) is 44.3 Å². The molecule has 0 aliphatic heterocycles. The molecule has 2 rings (SSSR count). The fraction of sp³-hybridized carbons (Fsp3) is 0.364. The molecule has 150 valence electrons. The molecule has 0 aliphatic rings. The topological polar surface area (TPSA) is 49.4 Å². The Labute approximate surface area is 164 Å². The number of carbonyl (C=O) groups is 2. The zero-order valence-electron chi connectivity index (χ0n) is 16.6. The summed E-state index contributed by atoms with van der Waals surface area (Å²) < 4.78 is 28.3. The SMILES string of the molecule is CC(C(=O)Nc1ccccc1F)C(CN(C)C=O)c1cccc(C(C)(C)F)c1. The first-order chi connectivity index (χ1) is 13.1. The van der Waals surface area contributed by atoms with E-state index in [-0.39, 0.29) is 24.1 Å². The summed E-state index contributed by atoms with van der Waals surface area (Å²) in [5.41, 5.74) is -0.199. The Morgan fingerprint density at radius 2 is 1.89 bits per heavy atom. The van der Waals surface area contributed by atoms with Crippen LogP contribution in [0.2, 0.25) is 0 Å². The van der Waals surface area contributed by atoms with Crippen molar-refractivity contribution >= 4 is 18.0 Å². The van der Waals surface area contributed by atoms with Crippen molar-refractivity contribution in [2.45, 2.75) is 32.4 Å². The summed E-state index contributed by atoms with van der Waals surface area (Å²) in [7, 11) is 1.62. The summed E-state index contributed by atoms with van der Waals surface area (Å²) in [6, 6.07) is 12.9. The number of likely N-dealkylation sites (N-methyl/N-ethyl adjacent to an activating group) is 1. The van der Waals surface area contributed by atoms with Gasteiger partial charge in [-0.2, -0.15) is 0 Å². The third-order valence-corrected chi connectivity index (χ3v) is 4.81. The lowest BCUT2D eigenvalue weighted by Gasteiger charge is -2.28. The van der Waals surface area contributed by atoms with Gasteiger partial charge in [-0.05, 0) is 37.1 Å². The molecule has 0 saturated heterocycles. The molecular weight excluding hydrogens is 362 g/mol. The number of benzene rings is 2. The van der Waals surface area contributed by atoms with Crippen molar-refractivity contribution in [2.75, 3.05) is 18.9 Å². The zero-order chi connectivity index (χ0) is 20.9. The summed E-state index contributed by atoms with van der Waals surface area (Å²) in [6.45, 7) is 4.91. The number of halogens is 2. The molecule has 1 N–H and O–H groups in total.